The van der Waals surface area contributed by atoms with E-state index in [1.54, 1.807) is 0 Å². The summed E-state index contributed by atoms with van der Waals surface area (Å²) >= 11 is 0. The van der Waals surface area contributed by atoms with Crippen molar-refractivity contribution < 1.29 is 5.11 Å². The van der Waals surface area contributed by atoms with Crippen LogP contribution in [0.2, 0.25) is 0 Å². The number of rotatable bonds is 8. The van der Waals surface area contributed by atoms with Crippen LogP contribution in [-0.4, -0.2) is 61.3 Å². The molecular formula is C14H30N2O. The highest BCUT2D eigenvalue weighted by atomic mass is 16.3. The van der Waals surface area contributed by atoms with Gasteiger partial charge in [-0.2, -0.15) is 0 Å². The van der Waals surface area contributed by atoms with Gasteiger partial charge in [-0.15, -0.1) is 0 Å². The maximum Gasteiger partial charge on any atom is 0.0459 e. The lowest BCUT2D eigenvalue weighted by atomic mass is 9.98. The van der Waals surface area contributed by atoms with Crippen molar-refractivity contribution in [2.45, 2.75) is 39.0 Å². The second-order valence-corrected chi connectivity index (χ2v) is 5.48. The number of hydrogen-bond acceptors (Lipinski definition) is 3. The molecule has 1 saturated heterocycles. The Hall–Kier alpha value is -0.120. The van der Waals surface area contributed by atoms with Crippen LogP contribution in [0.15, 0.2) is 0 Å². The molecule has 0 aliphatic carbocycles. The minimum absolute atomic E-state index is 0.377. The highest BCUT2D eigenvalue weighted by Gasteiger charge is 2.13. The summed E-state index contributed by atoms with van der Waals surface area (Å²) in [6.45, 7) is 8.72. The lowest BCUT2D eigenvalue weighted by molar-refractivity contribution is 0.149. The molecule has 0 bridgehead atoms. The lowest BCUT2D eigenvalue weighted by Crippen LogP contribution is -2.44. The van der Waals surface area contributed by atoms with Crippen LogP contribution in [0.1, 0.15) is 39.0 Å². The van der Waals surface area contributed by atoms with Crippen LogP contribution in [0.4, 0.5) is 0 Å². The zero-order chi connectivity index (χ0) is 12.5. The van der Waals surface area contributed by atoms with Crippen LogP contribution in [-0.2, 0) is 0 Å². The van der Waals surface area contributed by atoms with Crippen molar-refractivity contribution in [1.29, 1.82) is 0 Å². The van der Waals surface area contributed by atoms with Gasteiger partial charge in [0, 0.05) is 32.8 Å². The highest BCUT2D eigenvalue weighted by Crippen LogP contribution is 2.14. The molecule has 3 heteroatoms. The minimum atomic E-state index is 0.377. The number of unbranched alkanes of at least 4 members (excludes halogenated alkanes) is 1. The first-order valence-corrected chi connectivity index (χ1v) is 7.28. The fraction of sp³-hybridized carbons (Fsp3) is 1.00. The van der Waals surface area contributed by atoms with Crippen LogP contribution in [0.25, 0.3) is 0 Å². The van der Waals surface area contributed by atoms with Crippen LogP contribution in [0, 0.1) is 5.92 Å². The first kappa shape index (κ1) is 14.9. The van der Waals surface area contributed by atoms with Gasteiger partial charge < -0.3 is 14.9 Å². The van der Waals surface area contributed by atoms with E-state index in [1.807, 2.05) is 0 Å². The van der Waals surface area contributed by atoms with E-state index in [0.29, 0.717) is 12.5 Å². The molecule has 17 heavy (non-hydrogen) atoms. The molecule has 1 N–H and O–H groups in total. The second kappa shape index (κ2) is 8.90. The van der Waals surface area contributed by atoms with E-state index in [4.69, 9.17) is 0 Å². The summed E-state index contributed by atoms with van der Waals surface area (Å²) in [5, 5.41) is 9.22. The van der Waals surface area contributed by atoms with Gasteiger partial charge in [0.25, 0.3) is 0 Å². The van der Waals surface area contributed by atoms with Crippen molar-refractivity contribution in [3.8, 4) is 0 Å². The van der Waals surface area contributed by atoms with E-state index in [0.717, 1.165) is 0 Å². The highest BCUT2D eigenvalue weighted by molar-refractivity contribution is 4.69. The van der Waals surface area contributed by atoms with Gasteiger partial charge in [0.05, 0.1) is 0 Å². The van der Waals surface area contributed by atoms with E-state index in [2.05, 4.69) is 23.8 Å². The maximum atomic E-state index is 9.22. The number of nitrogens with zero attached hydrogens (tertiary/aromatic N) is 2. The molecule has 0 aromatic rings. The van der Waals surface area contributed by atoms with Crippen molar-refractivity contribution in [3.63, 3.8) is 0 Å². The van der Waals surface area contributed by atoms with Crippen molar-refractivity contribution in [1.82, 2.24) is 9.80 Å². The predicted molar refractivity (Wildman–Crippen MR) is 73.3 cm³/mol. The van der Waals surface area contributed by atoms with E-state index in [9.17, 15) is 5.11 Å². The number of aliphatic hydroxyl groups is 1. The topological polar surface area (TPSA) is 26.7 Å². The molecule has 1 rings (SSSR count). The summed E-state index contributed by atoms with van der Waals surface area (Å²) in [5.74, 6) is 0.549. The Labute approximate surface area is 107 Å². The second-order valence-electron chi connectivity index (χ2n) is 5.48. The Kier molecular flexibility index (Phi) is 7.82. The molecule has 0 saturated carbocycles. The Morgan fingerprint density at radius 3 is 2.35 bits per heavy atom. The third-order valence-electron chi connectivity index (χ3n) is 3.89. The molecule has 1 aliphatic heterocycles. The molecule has 1 atom stereocenters. The molecule has 1 fully saturated rings. The molecule has 102 valence electrons. The summed E-state index contributed by atoms with van der Waals surface area (Å²) < 4.78 is 0. The SMILES string of the molecule is CCCC(CO)CCCCN1CCN(C)CC1. The van der Waals surface area contributed by atoms with Gasteiger partial charge in [0.2, 0.25) is 0 Å². The van der Waals surface area contributed by atoms with Gasteiger partial charge in [-0.1, -0.05) is 19.8 Å². The van der Waals surface area contributed by atoms with E-state index < -0.39 is 0 Å². The summed E-state index contributed by atoms with van der Waals surface area (Å²) in [6.07, 6.45) is 6.16. The molecule has 3 nitrogen and oxygen atoms in total. The molecule has 1 unspecified atom stereocenters. The summed E-state index contributed by atoms with van der Waals surface area (Å²) in [6, 6.07) is 0. The van der Waals surface area contributed by atoms with Gasteiger partial charge in [-0.05, 0) is 38.8 Å². The molecule has 0 spiro atoms. The van der Waals surface area contributed by atoms with Crippen molar-refractivity contribution >= 4 is 0 Å². The van der Waals surface area contributed by atoms with Gasteiger partial charge in [-0.3, -0.25) is 0 Å². The van der Waals surface area contributed by atoms with Crippen LogP contribution >= 0.6 is 0 Å². The average Bonchev–Trinajstić information content (AvgIpc) is 2.35. The van der Waals surface area contributed by atoms with Gasteiger partial charge in [0.1, 0.15) is 0 Å². The van der Waals surface area contributed by atoms with Crippen molar-refractivity contribution in [2.75, 3.05) is 46.4 Å². The zero-order valence-electron chi connectivity index (χ0n) is 11.7. The fourth-order valence-corrected chi connectivity index (χ4v) is 2.58. The zero-order valence-corrected chi connectivity index (χ0v) is 11.7. The third kappa shape index (κ3) is 6.39. The summed E-state index contributed by atoms with van der Waals surface area (Å²) in [4.78, 5) is 4.98. The molecule has 0 aromatic carbocycles. The number of aliphatic hydroxyl groups excluding tert-OH is 1. The predicted octanol–water partition coefficient (Wildman–Crippen LogP) is 1.81. The first-order chi connectivity index (χ1) is 8.26. The third-order valence-corrected chi connectivity index (χ3v) is 3.89. The van der Waals surface area contributed by atoms with Crippen molar-refractivity contribution in [3.05, 3.63) is 0 Å². The Morgan fingerprint density at radius 2 is 1.76 bits per heavy atom. The standard InChI is InChI=1S/C14H30N2O/c1-3-6-14(13-17)7-4-5-8-16-11-9-15(2)10-12-16/h14,17H,3-13H2,1-2H3. The molecule has 0 amide bonds. The average molecular weight is 242 g/mol. The van der Waals surface area contributed by atoms with Gasteiger partial charge >= 0.3 is 0 Å². The number of hydrogen-bond donors (Lipinski definition) is 1. The molecular weight excluding hydrogens is 212 g/mol. The fourth-order valence-electron chi connectivity index (χ4n) is 2.58. The smallest absolute Gasteiger partial charge is 0.0459 e. The van der Waals surface area contributed by atoms with Crippen LogP contribution < -0.4 is 0 Å². The van der Waals surface area contributed by atoms with Crippen molar-refractivity contribution in [2.24, 2.45) is 5.92 Å². The quantitative estimate of drug-likeness (QED) is 0.658. The van der Waals surface area contributed by atoms with E-state index in [-0.39, 0.29) is 0 Å². The first-order valence-electron chi connectivity index (χ1n) is 7.28. The Morgan fingerprint density at radius 1 is 1.06 bits per heavy atom. The summed E-state index contributed by atoms with van der Waals surface area (Å²) in [7, 11) is 2.20. The Balaban J connectivity index is 1.99. The molecule has 0 aromatic heterocycles. The normalized spacial score (nSPS) is 20.6. The van der Waals surface area contributed by atoms with E-state index in [1.165, 1.54) is 64.8 Å². The van der Waals surface area contributed by atoms with Gasteiger partial charge in [0.15, 0.2) is 0 Å². The van der Waals surface area contributed by atoms with Crippen LogP contribution in [0.3, 0.4) is 0 Å². The largest absolute Gasteiger partial charge is 0.396 e. The molecule has 0 radical (unpaired) electrons. The number of likely N-dealkylation sites (N-methyl/N-ethyl adjacent to an activating group) is 1. The minimum Gasteiger partial charge on any atom is -0.396 e. The Bertz CT molecular complexity index is 179. The molecule has 1 aliphatic rings. The van der Waals surface area contributed by atoms with Gasteiger partial charge in [-0.25, -0.2) is 0 Å². The van der Waals surface area contributed by atoms with Crippen LogP contribution in [0.5, 0.6) is 0 Å². The summed E-state index contributed by atoms with van der Waals surface area (Å²) in [5.41, 5.74) is 0. The lowest BCUT2D eigenvalue weighted by Gasteiger charge is -2.32. The monoisotopic (exact) mass is 242 g/mol. The van der Waals surface area contributed by atoms with E-state index >= 15 is 0 Å². The molecule has 1 heterocycles. The maximum absolute atomic E-state index is 9.22. The number of piperazine rings is 1.